The van der Waals surface area contributed by atoms with Crippen LogP contribution in [0.4, 0.5) is 0 Å². The highest BCUT2D eigenvalue weighted by molar-refractivity contribution is 7.80. The number of carbonyl (C=O) groups is 4. The van der Waals surface area contributed by atoms with E-state index in [9.17, 15) is 19.2 Å². The molecule has 2 aliphatic rings. The third kappa shape index (κ3) is 4.55. The van der Waals surface area contributed by atoms with Crippen LogP contribution in [0.1, 0.15) is 20.3 Å². The van der Waals surface area contributed by atoms with Gasteiger partial charge in [-0.05, 0) is 13.8 Å². The summed E-state index contributed by atoms with van der Waals surface area (Å²) in [5.41, 5.74) is -0.482. The summed E-state index contributed by atoms with van der Waals surface area (Å²) in [5, 5.41) is -0.238. The fourth-order valence-corrected chi connectivity index (χ4v) is 3.09. The maximum absolute atomic E-state index is 12.4. The van der Waals surface area contributed by atoms with Crippen LogP contribution in [0.15, 0.2) is 11.8 Å². The summed E-state index contributed by atoms with van der Waals surface area (Å²) >= 11 is 4.39. The lowest BCUT2D eigenvalue weighted by molar-refractivity contribution is -0.170. The van der Waals surface area contributed by atoms with Gasteiger partial charge in [0, 0.05) is 12.6 Å². The fourth-order valence-electron chi connectivity index (χ4n) is 2.71. The molecule has 0 bridgehead atoms. The molecule has 0 N–H and O–H groups in total. The van der Waals surface area contributed by atoms with E-state index >= 15 is 0 Å². The Morgan fingerprint density at radius 3 is 2.54 bits per heavy atom. The maximum atomic E-state index is 12.4. The Morgan fingerprint density at radius 1 is 1.23 bits per heavy atom. The molecule has 2 rings (SSSR count). The highest BCUT2D eigenvalue weighted by atomic mass is 32.1. The smallest absolute Gasteiger partial charge is 0.380 e. The van der Waals surface area contributed by atoms with E-state index in [1.807, 2.05) is 0 Å². The van der Waals surface area contributed by atoms with Gasteiger partial charge in [0.1, 0.15) is 5.57 Å². The van der Waals surface area contributed by atoms with Crippen molar-refractivity contribution in [1.29, 1.82) is 0 Å². The Labute approximate surface area is 156 Å². The lowest BCUT2D eigenvalue weighted by atomic mass is 10.1. The van der Waals surface area contributed by atoms with Crippen molar-refractivity contribution < 1.29 is 33.4 Å². The highest BCUT2D eigenvalue weighted by Gasteiger charge is 2.39. The molecule has 2 heterocycles. The first-order chi connectivity index (χ1) is 12.4. The first-order valence-corrected chi connectivity index (χ1v) is 8.85. The number of amides is 1. The number of rotatable bonds is 6. The van der Waals surface area contributed by atoms with E-state index in [2.05, 4.69) is 17.4 Å². The second kappa shape index (κ2) is 9.04. The summed E-state index contributed by atoms with van der Waals surface area (Å²) < 4.78 is 15.1. The molecule has 0 aromatic heterocycles. The topological polar surface area (TPSA) is 102 Å². The second-order valence-electron chi connectivity index (χ2n) is 5.64. The van der Waals surface area contributed by atoms with Crippen LogP contribution in [0.25, 0.3) is 0 Å². The van der Waals surface area contributed by atoms with Crippen molar-refractivity contribution in [3.05, 3.63) is 11.8 Å². The molecule has 0 aliphatic carbocycles. The van der Waals surface area contributed by atoms with Crippen LogP contribution in [0.5, 0.6) is 0 Å². The van der Waals surface area contributed by atoms with Crippen molar-refractivity contribution in [3.63, 3.8) is 0 Å². The average molecular weight is 386 g/mol. The number of ketones is 1. The number of hydrogen-bond acceptors (Lipinski definition) is 9. The van der Waals surface area contributed by atoms with E-state index < -0.39 is 29.5 Å². The highest BCUT2D eigenvalue weighted by Crippen LogP contribution is 2.25. The fraction of sp³-hybridized carbons (Fsp3) is 0.625. The van der Waals surface area contributed by atoms with Crippen LogP contribution in [0, 0.1) is 0 Å². The van der Waals surface area contributed by atoms with E-state index in [0.717, 1.165) is 6.20 Å². The van der Waals surface area contributed by atoms with Gasteiger partial charge in [-0.1, -0.05) is 0 Å². The number of esters is 2. The van der Waals surface area contributed by atoms with Crippen molar-refractivity contribution in [2.75, 3.05) is 32.9 Å². The molecule has 0 spiro atoms. The van der Waals surface area contributed by atoms with Crippen LogP contribution in [-0.2, 0) is 33.4 Å². The molecule has 144 valence electrons. The molecule has 0 saturated carbocycles. The molecule has 0 unspecified atom stereocenters. The number of hydrogen-bond donors (Lipinski definition) is 1. The normalized spacial score (nSPS) is 23.3. The van der Waals surface area contributed by atoms with Gasteiger partial charge < -0.3 is 24.0 Å². The summed E-state index contributed by atoms with van der Waals surface area (Å²) in [6.07, 6.45) is 1.25. The van der Waals surface area contributed by atoms with Gasteiger partial charge in [-0.15, -0.1) is 0 Å². The minimum absolute atomic E-state index is 0.00289. The molecule has 0 aromatic carbocycles. The van der Waals surface area contributed by atoms with Gasteiger partial charge in [0.25, 0.3) is 5.78 Å². The Kier molecular flexibility index (Phi) is 7.04. The predicted molar refractivity (Wildman–Crippen MR) is 91.9 cm³/mol. The molecule has 2 atom stereocenters. The van der Waals surface area contributed by atoms with E-state index in [4.69, 9.17) is 9.47 Å². The zero-order valence-corrected chi connectivity index (χ0v) is 15.6. The summed E-state index contributed by atoms with van der Waals surface area (Å²) in [5.74, 6) is -3.46. The number of fused-ring (bicyclic) bond motifs is 1. The number of ether oxygens (including phenoxy) is 3. The summed E-state index contributed by atoms with van der Waals surface area (Å²) in [6.45, 7) is 3.77. The molecule has 10 heteroatoms. The Hall–Kier alpha value is -2.07. The molecular weight excluding hydrogens is 364 g/mol. The number of thiol groups is 1. The third-order valence-electron chi connectivity index (χ3n) is 3.85. The van der Waals surface area contributed by atoms with Crippen molar-refractivity contribution in [3.8, 4) is 0 Å². The van der Waals surface area contributed by atoms with Crippen molar-refractivity contribution in [1.82, 2.24) is 9.80 Å². The molecule has 2 fully saturated rings. The SMILES string of the molecule is CCOC(=O)C(=O)C(=CN1CC(=O)N2[C@H](S)CCO[C@H]2C1)C(=O)OCC. The van der Waals surface area contributed by atoms with Gasteiger partial charge in [0.2, 0.25) is 5.91 Å². The number of carbonyl (C=O) groups excluding carboxylic acids is 4. The largest absolute Gasteiger partial charge is 0.462 e. The first-order valence-electron chi connectivity index (χ1n) is 8.34. The van der Waals surface area contributed by atoms with Gasteiger partial charge in [-0.3, -0.25) is 9.59 Å². The molecule has 0 aromatic rings. The average Bonchev–Trinajstić information content (AvgIpc) is 2.59. The van der Waals surface area contributed by atoms with Gasteiger partial charge in [-0.2, -0.15) is 12.6 Å². The Bertz CT molecular complexity index is 622. The van der Waals surface area contributed by atoms with E-state index in [0.29, 0.717) is 13.0 Å². The van der Waals surface area contributed by atoms with Crippen molar-refractivity contribution >= 4 is 36.3 Å². The van der Waals surface area contributed by atoms with E-state index in [1.165, 1.54) is 9.80 Å². The second-order valence-corrected chi connectivity index (χ2v) is 6.23. The lowest BCUT2D eigenvalue weighted by Gasteiger charge is -2.45. The summed E-state index contributed by atoms with van der Waals surface area (Å²) in [4.78, 5) is 51.4. The molecule has 9 nitrogen and oxygen atoms in total. The molecular formula is C16H22N2O7S. The van der Waals surface area contributed by atoms with Crippen LogP contribution in [0.3, 0.4) is 0 Å². The monoisotopic (exact) mass is 386 g/mol. The van der Waals surface area contributed by atoms with Crippen LogP contribution in [0.2, 0.25) is 0 Å². The zero-order chi connectivity index (χ0) is 19.3. The molecule has 0 radical (unpaired) electrons. The molecule has 1 amide bonds. The Morgan fingerprint density at radius 2 is 1.88 bits per heavy atom. The van der Waals surface area contributed by atoms with E-state index in [1.54, 1.807) is 13.8 Å². The van der Waals surface area contributed by atoms with Crippen LogP contribution < -0.4 is 0 Å². The van der Waals surface area contributed by atoms with Gasteiger partial charge >= 0.3 is 11.9 Å². The molecule has 26 heavy (non-hydrogen) atoms. The molecule has 2 aliphatic heterocycles. The van der Waals surface area contributed by atoms with Gasteiger partial charge in [0.15, 0.2) is 6.23 Å². The molecule has 2 saturated heterocycles. The number of piperazine rings is 1. The van der Waals surface area contributed by atoms with Crippen LogP contribution >= 0.6 is 12.6 Å². The lowest BCUT2D eigenvalue weighted by Crippen LogP contribution is -2.60. The van der Waals surface area contributed by atoms with Crippen molar-refractivity contribution in [2.24, 2.45) is 0 Å². The zero-order valence-electron chi connectivity index (χ0n) is 14.7. The third-order valence-corrected chi connectivity index (χ3v) is 4.35. The van der Waals surface area contributed by atoms with E-state index in [-0.39, 0.29) is 37.6 Å². The minimum Gasteiger partial charge on any atom is -0.462 e. The minimum atomic E-state index is -1.15. The van der Waals surface area contributed by atoms with Crippen molar-refractivity contribution in [2.45, 2.75) is 31.9 Å². The number of nitrogens with zero attached hydrogens (tertiary/aromatic N) is 2. The maximum Gasteiger partial charge on any atom is 0.380 e. The predicted octanol–water partition coefficient (Wildman–Crippen LogP) is -0.288. The summed E-state index contributed by atoms with van der Waals surface area (Å²) in [6, 6.07) is 0. The van der Waals surface area contributed by atoms with Gasteiger partial charge in [0.05, 0.1) is 38.3 Å². The number of Topliss-reactive ketones (excluding diaryl/α,β-unsaturated/α-hetero) is 1. The Balaban J connectivity index is 2.22. The van der Waals surface area contributed by atoms with Crippen LogP contribution in [-0.4, -0.2) is 77.9 Å². The first kappa shape index (κ1) is 20.2. The van der Waals surface area contributed by atoms with Gasteiger partial charge in [-0.25, -0.2) is 9.59 Å². The quantitative estimate of drug-likeness (QED) is 0.166. The standard InChI is InChI=1S/C16H22N2O7S/c1-3-23-15(21)10(14(20)16(22)24-4-2)7-17-8-11(19)18-12(9-17)25-6-5-13(18)26/h7,12-13,26H,3-6,8-9H2,1-2H3/t12-,13+/m0/s1. The summed E-state index contributed by atoms with van der Waals surface area (Å²) in [7, 11) is 0.